The van der Waals surface area contributed by atoms with Crippen molar-refractivity contribution in [3.63, 3.8) is 0 Å². The summed E-state index contributed by atoms with van der Waals surface area (Å²) in [6, 6.07) is 40.6. The highest BCUT2D eigenvalue weighted by molar-refractivity contribution is 7.33. The van der Waals surface area contributed by atoms with Gasteiger partial charge < -0.3 is 14.2 Å². The first-order chi connectivity index (χ1) is 31.4. The summed E-state index contributed by atoms with van der Waals surface area (Å²) in [5.41, 5.74) is 20.9. The maximum atomic E-state index is 6.95. The number of hydrogen-bond donors (Lipinski definition) is 0. The van der Waals surface area contributed by atoms with Crippen LogP contribution in [0.2, 0.25) is 0 Å². The minimum atomic E-state index is -0.131. The van der Waals surface area contributed by atoms with E-state index in [9.17, 15) is 0 Å². The average molecular weight is 899 g/mol. The van der Waals surface area contributed by atoms with Crippen LogP contribution < -0.4 is 25.5 Å². The smallest absolute Gasteiger partial charge is 0.264 e. The van der Waals surface area contributed by atoms with Crippen molar-refractivity contribution >= 4 is 99.9 Å². The van der Waals surface area contributed by atoms with Gasteiger partial charge in [0.05, 0.1) is 11.4 Å². The Balaban J connectivity index is 1.24. The van der Waals surface area contributed by atoms with Crippen LogP contribution in [0, 0.1) is 0 Å². The highest BCUT2D eigenvalue weighted by Crippen LogP contribution is 2.55. The SMILES string of the molecule is CC(C)(C)c1ccc2c(c1)B1c3sc4cc5c(cc4c3N(c3ccc4c(c3)C(C)(C)CCC4(C)C)c3cc(C(C)(C)C)cc(c31)N2c1cccc2c1oc1ccccc12)C(C)(C)CCC5(C)C. The van der Waals surface area contributed by atoms with Gasteiger partial charge in [0.25, 0.3) is 6.71 Å². The fourth-order valence-corrected chi connectivity index (χ4v) is 13.9. The van der Waals surface area contributed by atoms with Crippen LogP contribution >= 0.6 is 11.3 Å². The van der Waals surface area contributed by atoms with Crippen LogP contribution in [0.1, 0.15) is 156 Å². The number of para-hydroxylation sites is 2. The van der Waals surface area contributed by atoms with Crippen LogP contribution in [0.15, 0.2) is 108 Å². The molecule has 340 valence electrons. The van der Waals surface area contributed by atoms with Crippen LogP contribution in [-0.2, 0) is 32.5 Å². The fraction of sp³-hybridized carbons (Fsp3) is 0.387. The molecule has 5 heteroatoms. The van der Waals surface area contributed by atoms with Crippen LogP contribution in [0.3, 0.4) is 0 Å². The Hall–Kier alpha value is -5.26. The van der Waals surface area contributed by atoms with Crippen LogP contribution in [-0.4, -0.2) is 6.71 Å². The van der Waals surface area contributed by atoms with Crippen molar-refractivity contribution in [1.82, 2.24) is 0 Å². The van der Waals surface area contributed by atoms with E-state index in [0.29, 0.717) is 0 Å². The molecule has 0 saturated heterocycles. The van der Waals surface area contributed by atoms with Gasteiger partial charge >= 0.3 is 0 Å². The highest BCUT2D eigenvalue weighted by Gasteiger charge is 2.48. The van der Waals surface area contributed by atoms with Crippen molar-refractivity contribution in [3.05, 3.63) is 137 Å². The predicted molar refractivity (Wildman–Crippen MR) is 291 cm³/mol. The third-order valence-corrected chi connectivity index (χ3v) is 18.3. The Labute approximate surface area is 403 Å². The number of furan rings is 1. The van der Waals surface area contributed by atoms with E-state index in [4.69, 9.17) is 4.42 Å². The second kappa shape index (κ2) is 13.7. The van der Waals surface area contributed by atoms with Crippen molar-refractivity contribution in [2.75, 3.05) is 9.80 Å². The Morgan fingerprint density at radius 2 is 1.10 bits per heavy atom. The second-order valence-electron chi connectivity index (χ2n) is 25.5. The standard InChI is InChI=1S/C62H67BN2OS/c1-57(2,3)36-22-25-47-46(30-36)63-53-49(31-37(58(4,5)6)32-50(53)65(47)48-20-17-19-40-39-18-15-16-21-51(39)66-55(40)48)64(38-23-24-42-43(33-38)60(9,10)27-26-59(42,7)8)54-41-34-44-45(35-52(41)67-56(54)63)62(13,14)29-28-61(44,11)12/h15-25,30-35H,26-29H2,1-14H3. The Morgan fingerprint density at radius 3 is 1.78 bits per heavy atom. The highest BCUT2D eigenvalue weighted by atomic mass is 32.1. The van der Waals surface area contributed by atoms with Gasteiger partial charge in [0, 0.05) is 48.4 Å². The van der Waals surface area contributed by atoms with Gasteiger partial charge in [-0.05, 0) is 157 Å². The van der Waals surface area contributed by atoms with E-state index in [1.807, 2.05) is 11.3 Å². The number of benzene rings is 6. The minimum absolute atomic E-state index is 0.0251. The molecule has 0 radical (unpaired) electrons. The lowest BCUT2D eigenvalue weighted by Gasteiger charge is -2.45. The lowest BCUT2D eigenvalue weighted by atomic mass is 9.36. The van der Waals surface area contributed by atoms with E-state index in [0.717, 1.165) is 27.6 Å². The zero-order valence-electron chi connectivity index (χ0n) is 42.4. The quantitative estimate of drug-likeness (QED) is 0.161. The molecular weight excluding hydrogens is 832 g/mol. The summed E-state index contributed by atoms with van der Waals surface area (Å²) in [4.78, 5) is 5.32. The van der Waals surface area contributed by atoms with E-state index in [-0.39, 0.29) is 39.2 Å². The minimum Gasteiger partial charge on any atom is -0.454 e. The molecule has 6 aromatic carbocycles. The average Bonchev–Trinajstić information content (AvgIpc) is 3.84. The third-order valence-electron chi connectivity index (χ3n) is 17.1. The molecule has 2 aromatic heterocycles. The Bertz CT molecular complexity index is 3420. The Kier molecular flexibility index (Phi) is 8.81. The molecule has 0 bridgehead atoms. The fourth-order valence-electron chi connectivity index (χ4n) is 12.6. The van der Waals surface area contributed by atoms with E-state index < -0.39 is 0 Å². The molecule has 12 rings (SSSR count). The number of hydrogen-bond acceptors (Lipinski definition) is 4. The van der Waals surface area contributed by atoms with Gasteiger partial charge in [-0.25, -0.2) is 0 Å². The molecule has 0 fully saturated rings. The van der Waals surface area contributed by atoms with Crippen molar-refractivity contribution in [1.29, 1.82) is 0 Å². The molecule has 0 N–H and O–H groups in total. The topological polar surface area (TPSA) is 19.6 Å². The van der Waals surface area contributed by atoms with Crippen molar-refractivity contribution in [2.24, 2.45) is 0 Å². The van der Waals surface area contributed by atoms with E-state index >= 15 is 0 Å². The molecule has 4 heterocycles. The van der Waals surface area contributed by atoms with Crippen LogP contribution in [0.4, 0.5) is 34.1 Å². The zero-order chi connectivity index (χ0) is 47.1. The molecule has 0 spiro atoms. The van der Waals surface area contributed by atoms with Crippen LogP contribution in [0.25, 0.3) is 32.0 Å². The summed E-state index contributed by atoms with van der Waals surface area (Å²) in [7, 11) is 0. The summed E-state index contributed by atoms with van der Waals surface area (Å²) in [6.07, 6.45) is 4.75. The predicted octanol–water partition coefficient (Wildman–Crippen LogP) is 16.2. The number of thiophene rings is 1. The van der Waals surface area contributed by atoms with Gasteiger partial charge in [0.1, 0.15) is 5.58 Å². The van der Waals surface area contributed by atoms with Crippen molar-refractivity contribution in [2.45, 2.75) is 155 Å². The molecule has 2 aliphatic carbocycles. The maximum absolute atomic E-state index is 6.95. The van der Waals surface area contributed by atoms with Gasteiger partial charge in [0.15, 0.2) is 5.58 Å². The monoisotopic (exact) mass is 899 g/mol. The summed E-state index contributed by atoms with van der Waals surface area (Å²) in [6.45, 7) is 34.0. The third kappa shape index (κ3) is 6.21. The summed E-state index contributed by atoms with van der Waals surface area (Å²) < 4.78 is 9.78. The maximum Gasteiger partial charge on any atom is 0.264 e. The first-order valence-corrected chi connectivity index (χ1v) is 25.9. The number of anilines is 6. The molecular formula is C62H67BN2OS. The Morgan fingerprint density at radius 1 is 0.507 bits per heavy atom. The summed E-state index contributed by atoms with van der Waals surface area (Å²) >= 11 is 2.05. The van der Waals surface area contributed by atoms with Gasteiger partial charge in [-0.1, -0.05) is 145 Å². The molecule has 2 aliphatic heterocycles. The van der Waals surface area contributed by atoms with Gasteiger partial charge in [-0.15, -0.1) is 11.3 Å². The molecule has 8 aromatic rings. The van der Waals surface area contributed by atoms with Gasteiger partial charge in [-0.2, -0.15) is 0 Å². The lowest BCUT2D eigenvalue weighted by Crippen LogP contribution is -2.60. The molecule has 3 nitrogen and oxygen atoms in total. The first kappa shape index (κ1) is 43.1. The zero-order valence-corrected chi connectivity index (χ0v) is 43.2. The number of rotatable bonds is 2. The van der Waals surface area contributed by atoms with Gasteiger partial charge in [0.2, 0.25) is 0 Å². The molecule has 0 atom stereocenters. The first-order valence-electron chi connectivity index (χ1n) is 25.0. The summed E-state index contributed by atoms with van der Waals surface area (Å²) in [5.74, 6) is 0. The molecule has 4 aliphatic rings. The summed E-state index contributed by atoms with van der Waals surface area (Å²) in [5, 5.41) is 3.68. The van der Waals surface area contributed by atoms with Crippen molar-refractivity contribution in [3.8, 4) is 0 Å². The number of fused-ring (bicyclic) bond motifs is 11. The lowest BCUT2D eigenvalue weighted by molar-refractivity contribution is 0.332. The number of nitrogens with zero attached hydrogens (tertiary/aromatic N) is 2. The largest absolute Gasteiger partial charge is 0.454 e. The van der Waals surface area contributed by atoms with Gasteiger partial charge in [-0.3, -0.25) is 0 Å². The molecule has 0 unspecified atom stereocenters. The van der Waals surface area contributed by atoms with E-state index in [2.05, 4.69) is 210 Å². The second-order valence-corrected chi connectivity index (χ2v) is 26.6. The van der Waals surface area contributed by atoms with E-state index in [1.54, 1.807) is 0 Å². The van der Waals surface area contributed by atoms with Crippen molar-refractivity contribution < 1.29 is 4.42 Å². The van der Waals surface area contributed by atoms with E-state index in [1.165, 1.54) is 113 Å². The normalized spacial score (nSPS) is 18.7. The molecule has 67 heavy (non-hydrogen) atoms. The van der Waals surface area contributed by atoms with Crippen LogP contribution in [0.5, 0.6) is 0 Å². The molecule has 0 saturated carbocycles. The molecule has 0 amide bonds.